The van der Waals surface area contributed by atoms with Crippen LogP contribution in [0.1, 0.15) is 18.9 Å². The second kappa shape index (κ2) is 5.14. The topological polar surface area (TPSA) is 72.5 Å². The summed E-state index contributed by atoms with van der Waals surface area (Å²) in [7, 11) is 0. The van der Waals surface area contributed by atoms with Crippen molar-refractivity contribution in [1.82, 2.24) is 0 Å². The first-order chi connectivity index (χ1) is 7.83. The fourth-order valence-electron chi connectivity index (χ4n) is 1.19. The second-order valence-corrected chi connectivity index (χ2v) is 4.23. The molecule has 17 heavy (non-hydrogen) atoms. The zero-order valence-corrected chi connectivity index (χ0v) is 9.87. The van der Waals surface area contributed by atoms with E-state index in [1.165, 1.54) is 19.1 Å². The van der Waals surface area contributed by atoms with Crippen molar-refractivity contribution in [2.75, 3.05) is 6.61 Å². The number of benzene rings is 1. The number of carbonyl (C=O) groups is 1. The van der Waals surface area contributed by atoms with Crippen LogP contribution < -0.4 is 10.5 Å². The van der Waals surface area contributed by atoms with E-state index >= 15 is 0 Å². The van der Waals surface area contributed by atoms with E-state index in [0.29, 0.717) is 11.3 Å². The first kappa shape index (κ1) is 13.4. The lowest BCUT2D eigenvalue weighted by Crippen LogP contribution is -2.45. The predicted octanol–water partition coefficient (Wildman–Crippen LogP) is 1.71. The maximum atomic E-state index is 13.0. The summed E-state index contributed by atoms with van der Waals surface area (Å²) >= 11 is 0. The maximum Gasteiger partial charge on any atom is 0.323 e. The van der Waals surface area contributed by atoms with E-state index in [4.69, 9.17) is 15.6 Å². The summed E-state index contributed by atoms with van der Waals surface area (Å²) in [4.78, 5) is 10.7. The highest BCUT2D eigenvalue weighted by molar-refractivity contribution is 5.77. The number of carboxylic acid groups (broad SMARTS) is 1. The number of nitrogens with two attached hydrogens (primary N) is 1. The summed E-state index contributed by atoms with van der Waals surface area (Å²) in [6, 6.07) is 4.37. The van der Waals surface area contributed by atoms with E-state index in [1.807, 2.05) is 0 Å². The third-order valence-electron chi connectivity index (χ3n) is 2.51. The number of ether oxygens (including phenoxy) is 1. The number of hydrogen-bond donors (Lipinski definition) is 2. The van der Waals surface area contributed by atoms with Crippen LogP contribution in [-0.2, 0) is 4.79 Å². The van der Waals surface area contributed by atoms with Crippen molar-refractivity contribution < 1.29 is 19.0 Å². The Balaban J connectivity index is 2.51. The zero-order valence-electron chi connectivity index (χ0n) is 9.87. The van der Waals surface area contributed by atoms with Gasteiger partial charge in [-0.2, -0.15) is 0 Å². The Morgan fingerprint density at radius 2 is 2.24 bits per heavy atom. The summed E-state index contributed by atoms with van der Waals surface area (Å²) in [5.74, 6) is -0.868. The number of aryl methyl sites for hydroxylation is 1. The molecule has 1 rings (SSSR count). The summed E-state index contributed by atoms with van der Waals surface area (Å²) in [5.41, 5.74) is 4.71. The molecule has 1 aromatic rings. The molecule has 0 aliphatic carbocycles. The fourth-order valence-corrected chi connectivity index (χ4v) is 1.19. The average molecular weight is 241 g/mol. The molecule has 1 unspecified atom stereocenters. The molecule has 0 bridgehead atoms. The molecule has 0 aromatic heterocycles. The van der Waals surface area contributed by atoms with E-state index in [2.05, 4.69) is 0 Å². The third-order valence-corrected chi connectivity index (χ3v) is 2.51. The minimum atomic E-state index is -1.31. The Kier molecular flexibility index (Phi) is 4.07. The van der Waals surface area contributed by atoms with Gasteiger partial charge in [-0.3, -0.25) is 4.79 Å². The van der Waals surface area contributed by atoms with E-state index < -0.39 is 11.5 Å². The van der Waals surface area contributed by atoms with Gasteiger partial charge < -0.3 is 15.6 Å². The molecule has 0 aliphatic rings. The molecular formula is C12H16FNO3. The van der Waals surface area contributed by atoms with Crippen molar-refractivity contribution in [3.8, 4) is 5.75 Å². The van der Waals surface area contributed by atoms with Crippen molar-refractivity contribution in [2.45, 2.75) is 25.8 Å². The van der Waals surface area contributed by atoms with Crippen LogP contribution in [0.2, 0.25) is 0 Å². The molecular weight excluding hydrogens is 225 g/mol. The molecule has 0 spiro atoms. The summed E-state index contributed by atoms with van der Waals surface area (Å²) in [6.45, 7) is 3.23. The predicted molar refractivity (Wildman–Crippen MR) is 61.5 cm³/mol. The van der Waals surface area contributed by atoms with Crippen molar-refractivity contribution in [2.24, 2.45) is 5.73 Å². The molecule has 0 radical (unpaired) electrons. The van der Waals surface area contributed by atoms with E-state index in [1.54, 1.807) is 13.0 Å². The SMILES string of the molecule is Cc1cc(OCCC(C)(N)C(=O)O)ccc1F. The molecule has 0 fully saturated rings. The summed E-state index contributed by atoms with van der Waals surface area (Å²) in [5, 5.41) is 8.79. The number of hydrogen-bond acceptors (Lipinski definition) is 3. The molecule has 0 saturated carbocycles. The normalized spacial score (nSPS) is 14.1. The highest BCUT2D eigenvalue weighted by atomic mass is 19.1. The number of halogens is 1. The number of aliphatic carboxylic acids is 1. The van der Waals surface area contributed by atoms with Crippen molar-refractivity contribution in [3.63, 3.8) is 0 Å². The van der Waals surface area contributed by atoms with Gasteiger partial charge >= 0.3 is 5.97 Å². The Hall–Kier alpha value is -1.62. The van der Waals surface area contributed by atoms with Gasteiger partial charge in [-0.1, -0.05) is 0 Å². The van der Waals surface area contributed by atoms with Gasteiger partial charge in [-0.25, -0.2) is 4.39 Å². The zero-order chi connectivity index (χ0) is 13.1. The quantitative estimate of drug-likeness (QED) is 0.823. The molecule has 0 heterocycles. The van der Waals surface area contributed by atoms with Gasteiger partial charge in [0.25, 0.3) is 0 Å². The van der Waals surface area contributed by atoms with Crippen molar-refractivity contribution in [3.05, 3.63) is 29.6 Å². The van der Waals surface area contributed by atoms with Gasteiger partial charge in [0.05, 0.1) is 6.61 Å². The molecule has 4 nitrogen and oxygen atoms in total. The molecule has 0 aliphatic heterocycles. The van der Waals surface area contributed by atoms with Crippen LogP contribution in [0.25, 0.3) is 0 Å². The highest BCUT2D eigenvalue weighted by Gasteiger charge is 2.27. The van der Waals surface area contributed by atoms with Crippen LogP contribution in [0.3, 0.4) is 0 Å². The Morgan fingerprint density at radius 1 is 1.59 bits per heavy atom. The van der Waals surface area contributed by atoms with E-state index in [0.717, 1.165) is 0 Å². The van der Waals surface area contributed by atoms with Gasteiger partial charge in [0.2, 0.25) is 0 Å². The van der Waals surface area contributed by atoms with Crippen LogP contribution in [0.4, 0.5) is 4.39 Å². The lowest BCUT2D eigenvalue weighted by Gasteiger charge is -2.19. The van der Waals surface area contributed by atoms with Crippen molar-refractivity contribution >= 4 is 5.97 Å². The molecule has 1 atom stereocenters. The molecule has 0 amide bonds. The van der Waals surface area contributed by atoms with Gasteiger partial charge in [0, 0.05) is 6.42 Å². The fraction of sp³-hybridized carbons (Fsp3) is 0.417. The van der Waals surface area contributed by atoms with Crippen LogP contribution in [-0.4, -0.2) is 23.2 Å². The van der Waals surface area contributed by atoms with Crippen LogP contribution in [0.5, 0.6) is 5.75 Å². The molecule has 1 aromatic carbocycles. The van der Waals surface area contributed by atoms with Gasteiger partial charge in [-0.05, 0) is 37.6 Å². The summed E-state index contributed by atoms with van der Waals surface area (Å²) in [6.07, 6.45) is 0.179. The Labute approximate surface area is 99.2 Å². The molecule has 3 N–H and O–H groups in total. The largest absolute Gasteiger partial charge is 0.493 e. The van der Waals surface area contributed by atoms with Crippen LogP contribution in [0, 0.1) is 12.7 Å². The first-order valence-corrected chi connectivity index (χ1v) is 5.24. The maximum absolute atomic E-state index is 13.0. The van der Waals surface area contributed by atoms with Gasteiger partial charge in [-0.15, -0.1) is 0 Å². The van der Waals surface area contributed by atoms with Crippen molar-refractivity contribution in [1.29, 1.82) is 0 Å². The van der Waals surface area contributed by atoms with E-state index in [-0.39, 0.29) is 18.8 Å². The standard InChI is InChI=1S/C12H16FNO3/c1-8-7-9(3-4-10(8)13)17-6-5-12(2,14)11(15)16/h3-4,7H,5-6,14H2,1-2H3,(H,15,16). The first-order valence-electron chi connectivity index (χ1n) is 5.24. The Morgan fingerprint density at radius 3 is 2.76 bits per heavy atom. The number of rotatable bonds is 5. The summed E-state index contributed by atoms with van der Waals surface area (Å²) < 4.78 is 18.3. The highest BCUT2D eigenvalue weighted by Crippen LogP contribution is 2.17. The molecule has 5 heteroatoms. The Bertz CT molecular complexity index is 418. The smallest absolute Gasteiger partial charge is 0.323 e. The average Bonchev–Trinajstić information content (AvgIpc) is 2.23. The van der Waals surface area contributed by atoms with Gasteiger partial charge in [0.1, 0.15) is 17.1 Å². The van der Waals surface area contributed by atoms with E-state index in [9.17, 15) is 9.18 Å². The molecule has 94 valence electrons. The third kappa shape index (κ3) is 3.71. The van der Waals surface area contributed by atoms with Crippen LogP contribution in [0.15, 0.2) is 18.2 Å². The minimum absolute atomic E-state index is 0.171. The van der Waals surface area contributed by atoms with Crippen LogP contribution >= 0.6 is 0 Å². The van der Waals surface area contributed by atoms with Gasteiger partial charge in [0.15, 0.2) is 0 Å². The minimum Gasteiger partial charge on any atom is -0.493 e. The molecule has 0 saturated heterocycles. The lowest BCUT2D eigenvalue weighted by molar-refractivity contribution is -0.143. The number of carboxylic acids is 1. The lowest BCUT2D eigenvalue weighted by atomic mass is 10.0. The second-order valence-electron chi connectivity index (χ2n) is 4.23. The monoisotopic (exact) mass is 241 g/mol.